The van der Waals surface area contributed by atoms with Gasteiger partial charge in [-0.15, -0.1) is 0 Å². The second-order valence-corrected chi connectivity index (χ2v) is 4.39. The molecule has 0 fully saturated rings. The number of esters is 1. The number of halogens is 4. The Labute approximate surface area is 128 Å². The predicted octanol–water partition coefficient (Wildman–Crippen LogP) is 3.13. The molecule has 0 aliphatic carbocycles. The van der Waals surface area contributed by atoms with Crippen molar-refractivity contribution in [2.75, 3.05) is 13.2 Å². The quantitative estimate of drug-likeness (QED) is 0.623. The molecule has 0 N–H and O–H groups in total. The number of carbonyl (C=O) groups is 1. The maximum Gasteiger partial charge on any atom is 0.422 e. The summed E-state index contributed by atoms with van der Waals surface area (Å²) >= 11 is 0. The Morgan fingerprint density at radius 3 is 2.48 bits per heavy atom. The summed E-state index contributed by atoms with van der Waals surface area (Å²) < 4.78 is 60.2. The second-order valence-electron chi connectivity index (χ2n) is 4.39. The minimum Gasteiger partial charge on any atom is -0.480 e. The lowest BCUT2D eigenvalue weighted by Gasteiger charge is -2.08. The number of benzene rings is 1. The van der Waals surface area contributed by atoms with Gasteiger partial charge in [-0.3, -0.25) is 0 Å². The van der Waals surface area contributed by atoms with E-state index >= 15 is 0 Å². The van der Waals surface area contributed by atoms with Crippen LogP contribution in [-0.4, -0.2) is 35.1 Å². The molecule has 0 aliphatic rings. The lowest BCUT2D eigenvalue weighted by molar-refractivity contribution is -0.153. The minimum atomic E-state index is -4.57. The average Bonchev–Trinajstić information content (AvgIpc) is 2.90. The maximum atomic E-state index is 12.9. The van der Waals surface area contributed by atoms with Gasteiger partial charge in [0.25, 0.3) is 0 Å². The first-order valence-electron chi connectivity index (χ1n) is 6.52. The molecular weight excluding hydrogens is 320 g/mol. The van der Waals surface area contributed by atoms with Gasteiger partial charge in [-0.2, -0.15) is 18.3 Å². The fourth-order valence-corrected chi connectivity index (χ4v) is 1.69. The van der Waals surface area contributed by atoms with Gasteiger partial charge in [0, 0.05) is 0 Å². The van der Waals surface area contributed by atoms with Gasteiger partial charge in [0.1, 0.15) is 5.82 Å². The van der Waals surface area contributed by atoms with Crippen LogP contribution in [0.1, 0.15) is 17.4 Å². The molecule has 0 radical (unpaired) electrons. The van der Waals surface area contributed by atoms with Crippen LogP contribution in [0, 0.1) is 5.82 Å². The number of alkyl halides is 3. The summed E-state index contributed by atoms with van der Waals surface area (Å²) in [7, 11) is 0. The lowest BCUT2D eigenvalue weighted by atomic mass is 10.3. The third kappa shape index (κ3) is 4.44. The molecule has 0 amide bonds. The summed E-state index contributed by atoms with van der Waals surface area (Å²) in [5.41, 5.74) is -0.0424. The Hall–Kier alpha value is -2.58. The van der Waals surface area contributed by atoms with Crippen molar-refractivity contribution in [3.63, 3.8) is 0 Å². The monoisotopic (exact) mass is 332 g/mol. The number of rotatable bonds is 5. The minimum absolute atomic E-state index is 0.0287. The summed E-state index contributed by atoms with van der Waals surface area (Å²) in [6, 6.07) is 5.00. The van der Waals surface area contributed by atoms with E-state index in [1.807, 2.05) is 0 Å². The van der Waals surface area contributed by atoms with Crippen LogP contribution in [0.5, 0.6) is 5.75 Å². The topological polar surface area (TPSA) is 53.3 Å². The van der Waals surface area contributed by atoms with Crippen molar-refractivity contribution in [3.05, 3.63) is 42.0 Å². The number of aromatic nitrogens is 2. The van der Waals surface area contributed by atoms with Crippen molar-refractivity contribution >= 4 is 5.97 Å². The third-order valence-electron chi connectivity index (χ3n) is 2.63. The van der Waals surface area contributed by atoms with Gasteiger partial charge in [-0.25, -0.2) is 13.9 Å². The molecule has 0 atom stereocenters. The van der Waals surface area contributed by atoms with Crippen molar-refractivity contribution in [1.29, 1.82) is 0 Å². The molecule has 1 aromatic heterocycles. The molecule has 0 saturated carbocycles. The van der Waals surface area contributed by atoms with Gasteiger partial charge in [0.05, 0.1) is 18.5 Å². The fraction of sp³-hybridized carbons (Fsp3) is 0.286. The number of carbonyl (C=O) groups excluding carboxylic acids is 1. The van der Waals surface area contributed by atoms with Crippen molar-refractivity contribution in [1.82, 2.24) is 9.78 Å². The van der Waals surface area contributed by atoms with E-state index in [-0.39, 0.29) is 18.1 Å². The van der Waals surface area contributed by atoms with E-state index in [1.165, 1.54) is 12.1 Å². The maximum absolute atomic E-state index is 12.9. The fourth-order valence-electron chi connectivity index (χ4n) is 1.69. The van der Waals surface area contributed by atoms with Crippen LogP contribution in [0.4, 0.5) is 17.6 Å². The largest absolute Gasteiger partial charge is 0.480 e. The zero-order chi connectivity index (χ0) is 17.0. The molecule has 1 aromatic carbocycles. The lowest BCUT2D eigenvalue weighted by Crippen LogP contribution is -2.20. The van der Waals surface area contributed by atoms with Gasteiger partial charge in [0.2, 0.25) is 5.69 Å². The zero-order valence-corrected chi connectivity index (χ0v) is 11.9. The molecule has 0 unspecified atom stereocenters. The van der Waals surface area contributed by atoms with Gasteiger partial charge >= 0.3 is 12.1 Å². The van der Waals surface area contributed by atoms with E-state index in [2.05, 4.69) is 9.84 Å². The number of hydrogen-bond donors (Lipinski definition) is 0. The van der Waals surface area contributed by atoms with Gasteiger partial charge < -0.3 is 9.47 Å². The van der Waals surface area contributed by atoms with E-state index < -0.39 is 24.6 Å². The summed E-state index contributed by atoms with van der Waals surface area (Å²) in [6.07, 6.45) is -3.46. The molecule has 5 nitrogen and oxygen atoms in total. The SMILES string of the molecule is CCOC(=O)c1nn(-c2ccc(F)cc2)cc1OCC(F)(F)F. The Morgan fingerprint density at radius 1 is 1.26 bits per heavy atom. The molecule has 23 heavy (non-hydrogen) atoms. The van der Waals surface area contributed by atoms with E-state index in [1.54, 1.807) is 6.92 Å². The molecular formula is C14H12F4N2O3. The van der Waals surface area contributed by atoms with Crippen LogP contribution in [0.15, 0.2) is 30.5 Å². The molecule has 0 spiro atoms. The molecule has 2 rings (SSSR count). The van der Waals surface area contributed by atoms with Crippen LogP contribution >= 0.6 is 0 Å². The Bertz CT molecular complexity index is 680. The first kappa shape index (κ1) is 16.8. The zero-order valence-electron chi connectivity index (χ0n) is 11.9. The highest BCUT2D eigenvalue weighted by molar-refractivity contribution is 5.90. The molecule has 0 saturated heterocycles. The van der Waals surface area contributed by atoms with Crippen LogP contribution in [-0.2, 0) is 4.74 Å². The van der Waals surface area contributed by atoms with E-state index in [4.69, 9.17) is 4.74 Å². The van der Waals surface area contributed by atoms with Crippen LogP contribution < -0.4 is 4.74 Å². The highest BCUT2D eigenvalue weighted by atomic mass is 19.4. The smallest absolute Gasteiger partial charge is 0.422 e. The number of hydrogen-bond acceptors (Lipinski definition) is 4. The average molecular weight is 332 g/mol. The normalized spacial score (nSPS) is 11.3. The third-order valence-corrected chi connectivity index (χ3v) is 2.63. The summed E-state index contributed by atoms with van der Waals surface area (Å²) in [5.74, 6) is -1.77. The predicted molar refractivity (Wildman–Crippen MR) is 71.0 cm³/mol. The van der Waals surface area contributed by atoms with E-state index in [0.29, 0.717) is 5.69 Å². The van der Waals surface area contributed by atoms with Crippen molar-refractivity contribution < 1.29 is 31.8 Å². The molecule has 1 heterocycles. The second kappa shape index (κ2) is 6.67. The van der Waals surface area contributed by atoms with E-state index in [9.17, 15) is 22.4 Å². The van der Waals surface area contributed by atoms with Crippen molar-refractivity contribution in [3.8, 4) is 11.4 Å². The summed E-state index contributed by atoms with van der Waals surface area (Å²) in [4.78, 5) is 11.8. The molecule has 9 heteroatoms. The van der Waals surface area contributed by atoms with Crippen LogP contribution in [0.25, 0.3) is 5.69 Å². The standard InChI is InChI=1S/C14H12F4N2O3/c1-2-22-13(21)12-11(23-8-14(16,17)18)7-20(19-12)10-5-3-9(15)4-6-10/h3-7H,2,8H2,1H3. The molecule has 2 aromatic rings. The molecule has 124 valence electrons. The number of ether oxygens (including phenoxy) is 2. The van der Waals surface area contributed by atoms with Crippen LogP contribution in [0.2, 0.25) is 0 Å². The van der Waals surface area contributed by atoms with E-state index in [0.717, 1.165) is 23.0 Å². The Balaban J connectivity index is 2.34. The molecule has 0 aliphatic heterocycles. The van der Waals surface area contributed by atoms with Gasteiger partial charge in [-0.05, 0) is 31.2 Å². The van der Waals surface area contributed by atoms with Crippen LogP contribution in [0.3, 0.4) is 0 Å². The highest BCUT2D eigenvalue weighted by Crippen LogP contribution is 2.24. The summed E-state index contributed by atoms with van der Waals surface area (Å²) in [6.45, 7) is 0.000575. The number of nitrogens with zero attached hydrogens (tertiary/aromatic N) is 2. The Kier molecular flexibility index (Phi) is 4.87. The van der Waals surface area contributed by atoms with Crippen molar-refractivity contribution in [2.45, 2.75) is 13.1 Å². The van der Waals surface area contributed by atoms with Crippen molar-refractivity contribution in [2.24, 2.45) is 0 Å². The van der Waals surface area contributed by atoms with Gasteiger partial charge in [0.15, 0.2) is 12.4 Å². The molecule has 0 bridgehead atoms. The Morgan fingerprint density at radius 2 is 1.91 bits per heavy atom. The van der Waals surface area contributed by atoms with Gasteiger partial charge in [-0.1, -0.05) is 0 Å². The first-order chi connectivity index (χ1) is 10.8. The first-order valence-corrected chi connectivity index (χ1v) is 6.52. The summed E-state index contributed by atoms with van der Waals surface area (Å²) in [5, 5.41) is 3.86. The highest BCUT2D eigenvalue weighted by Gasteiger charge is 2.30.